The number of anilines is 1. The summed E-state index contributed by atoms with van der Waals surface area (Å²) in [5.74, 6) is -1.02. The van der Waals surface area contributed by atoms with Crippen LogP contribution in [0.15, 0.2) is 48.7 Å². The summed E-state index contributed by atoms with van der Waals surface area (Å²) in [7, 11) is 1.27. The van der Waals surface area contributed by atoms with Crippen LogP contribution in [0.5, 0.6) is 0 Å². The van der Waals surface area contributed by atoms with Crippen LogP contribution in [0.25, 0.3) is 16.9 Å². The van der Waals surface area contributed by atoms with Crippen molar-refractivity contribution in [2.75, 3.05) is 12.4 Å². The van der Waals surface area contributed by atoms with Crippen molar-refractivity contribution in [1.29, 1.82) is 0 Å². The maximum Gasteiger partial charge on any atom is 0.349 e. The van der Waals surface area contributed by atoms with Crippen molar-refractivity contribution in [3.8, 4) is 16.9 Å². The molecule has 4 aromatic rings. The molecule has 11 heteroatoms. The molecule has 0 atom stereocenters. The highest BCUT2D eigenvalue weighted by Gasteiger charge is 2.24. The van der Waals surface area contributed by atoms with E-state index in [9.17, 15) is 9.59 Å². The second kappa shape index (κ2) is 9.52. The first-order valence-electron chi connectivity index (χ1n) is 9.45. The predicted molar refractivity (Wildman–Crippen MR) is 130 cm³/mol. The first-order valence-corrected chi connectivity index (χ1v) is 11.4. The fraction of sp³-hybridized carbons (Fsp3) is 0.0909. The number of aromatic nitrogens is 3. The van der Waals surface area contributed by atoms with Gasteiger partial charge in [0, 0.05) is 21.2 Å². The van der Waals surface area contributed by atoms with Gasteiger partial charge in [0.1, 0.15) is 4.88 Å². The molecule has 0 unspecified atom stereocenters. The lowest BCUT2D eigenvalue weighted by molar-refractivity contribution is 0.0606. The molecule has 33 heavy (non-hydrogen) atoms. The van der Waals surface area contributed by atoms with Gasteiger partial charge in [-0.15, -0.1) is 0 Å². The summed E-state index contributed by atoms with van der Waals surface area (Å²) < 4.78 is 6.27. The Morgan fingerprint density at radius 2 is 1.76 bits per heavy atom. The zero-order valence-electron chi connectivity index (χ0n) is 17.2. The van der Waals surface area contributed by atoms with E-state index in [-0.39, 0.29) is 15.7 Å². The lowest BCUT2D eigenvalue weighted by Crippen LogP contribution is -2.14. The maximum atomic E-state index is 13.1. The Labute approximate surface area is 207 Å². The van der Waals surface area contributed by atoms with E-state index in [1.807, 2.05) is 12.1 Å². The molecule has 0 aliphatic heterocycles. The Bertz CT molecular complexity index is 1370. The number of halogens is 3. The van der Waals surface area contributed by atoms with E-state index < -0.39 is 11.9 Å². The molecule has 2 aromatic heterocycles. The van der Waals surface area contributed by atoms with Gasteiger partial charge in [0.2, 0.25) is 0 Å². The largest absolute Gasteiger partial charge is 0.465 e. The van der Waals surface area contributed by atoms with Crippen molar-refractivity contribution in [2.24, 2.45) is 0 Å². The highest BCUT2D eigenvalue weighted by molar-refractivity contribution is 7.17. The van der Waals surface area contributed by atoms with Crippen LogP contribution >= 0.6 is 46.1 Å². The molecule has 168 valence electrons. The average Bonchev–Trinajstić information content (AvgIpc) is 3.38. The molecule has 2 aromatic carbocycles. The van der Waals surface area contributed by atoms with Crippen molar-refractivity contribution >= 4 is 63.1 Å². The van der Waals surface area contributed by atoms with E-state index in [1.54, 1.807) is 41.9 Å². The minimum absolute atomic E-state index is 0.167. The molecule has 0 saturated carbocycles. The summed E-state index contributed by atoms with van der Waals surface area (Å²) in [6, 6.07) is 12.2. The summed E-state index contributed by atoms with van der Waals surface area (Å²) in [5.41, 5.74) is 2.79. The third-order valence-corrected chi connectivity index (χ3v) is 6.39. The molecule has 0 aliphatic rings. The number of methoxy groups -OCH3 is 1. The molecule has 1 amide bonds. The minimum Gasteiger partial charge on any atom is -0.465 e. The number of esters is 1. The number of rotatable bonds is 5. The van der Waals surface area contributed by atoms with Crippen LogP contribution in [0.2, 0.25) is 15.1 Å². The van der Waals surface area contributed by atoms with Crippen LogP contribution in [-0.4, -0.2) is 33.8 Å². The first-order chi connectivity index (χ1) is 15.8. The molecule has 2 heterocycles. The quantitative estimate of drug-likeness (QED) is 0.311. The van der Waals surface area contributed by atoms with Crippen LogP contribution in [0, 0.1) is 6.92 Å². The Balaban J connectivity index is 1.79. The normalized spacial score (nSPS) is 10.8. The Kier molecular flexibility index (Phi) is 6.71. The Hall–Kier alpha value is -2.91. The van der Waals surface area contributed by atoms with E-state index in [0.29, 0.717) is 32.0 Å². The summed E-state index contributed by atoms with van der Waals surface area (Å²) in [6.45, 7) is 1.79. The van der Waals surface area contributed by atoms with Crippen LogP contribution in [0.3, 0.4) is 0 Å². The van der Waals surface area contributed by atoms with Crippen molar-refractivity contribution in [1.82, 2.24) is 14.8 Å². The molecule has 4 rings (SSSR count). The second-order valence-electron chi connectivity index (χ2n) is 6.81. The van der Waals surface area contributed by atoms with E-state index in [0.717, 1.165) is 16.9 Å². The molecule has 0 fully saturated rings. The fourth-order valence-corrected chi connectivity index (χ4v) is 4.51. The van der Waals surface area contributed by atoms with Gasteiger partial charge in [0.15, 0.2) is 10.8 Å². The van der Waals surface area contributed by atoms with E-state index in [2.05, 4.69) is 20.1 Å². The molecule has 0 spiro atoms. The lowest BCUT2D eigenvalue weighted by Gasteiger charge is -2.11. The summed E-state index contributed by atoms with van der Waals surface area (Å²) in [6.07, 6.45) is 1.34. The number of hydrogen-bond donors (Lipinski definition) is 1. The van der Waals surface area contributed by atoms with Crippen LogP contribution in [0.4, 0.5) is 5.13 Å². The smallest absolute Gasteiger partial charge is 0.349 e. The zero-order valence-corrected chi connectivity index (χ0v) is 20.3. The highest BCUT2D eigenvalue weighted by Crippen LogP contribution is 2.33. The molecular weight excluding hydrogens is 507 g/mol. The molecule has 0 bridgehead atoms. The zero-order chi connectivity index (χ0) is 23.7. The third-order valence-electron chi connectivity index (χ3n) is 4.71. The van der Waals surface area contributed by atoms with Crippen LogP contribution in [-0.2, 0) is 4.74 Å². The van der Waals surface area contributed by atoms with Gasteiger partial charge < -0.3 is 4.74 Å². The number of benzene rings is 2. The average molecular weight is 522 g/mol. The standard InChI is InChI=1S/C22H15Cl3N4O3S/c1-11-18(20(30)27-22-26-10-17(33-22)21(31)32-2)28-29(16-8-7-14(24)9-15(16)25)19(11)12-3-5-13(23)6-4-12/h3-10H,1-2H3,(H,26,27,30). The van der Waals surface area contributed by atoms with Gasteiger partial charge in [-0.05, 0) is 37.3 Å². The van der Waals surface area contributed by atoms with Gasteiger partial charge in [0.25, 0.3) is 5.91 Å². The molecule has 0 radical (unpaired) electrons. The van der Waals surface area contributed by atoms with Gasteiger partial charge in [-0.2, -0.15) is 5.10 Å². The second-order valence-corrected chi connectivity index (χ2v) is 9.12. The fourth-order valence-electron chi connectivity index (χ4n) is 3.17. The van der Waals surface area contributed by atoms with Gasteiger partial charge in [-0.3, -0.25) is 10.1 Å². The Morgan fingerprint density at radius 3 is 2.42 bits per heavy atom. The molecular formula is C22H15Cl3N4O3S. The van der Waals surface area contributed by atoms with E-state index >= 15 is 0 Å². The number of carbonyl (C=O) groups is 2. The van der Waals surface area contributed by atoms with Crippen molar-refractivity contribution in [2.45, 2.75) is 6.92 Å². The number of amides is 1. The number of hydrogen-bond acceptors (Lipinski definition) is 6. The van der Waals surface area contributed by atoms with Gasteiger partial charge >= 0.3 is 5.97 Å². The minimum atomic E-state index is -0.532. The molecule has 1 N–H and O–H groups in total. The van der Waals surface area contributed by atoms with E-state index in [1.165, 1.54) is 13.3 Å². The number of nitrogens with zero attached hydrogens (tertiary/aromatic N) is 3. The molecule has 7 nitrogen and oxygen atoms in total. The Morgan fingerprint density at radius 1 is 1.06 bits per heavy atom. The van der Waals surface area contributed by atoms with Crippen molar-refractivity contribution in [3.63, 3.8) is 0 Å². The van der Waals surface area contributed by atoms with Gasteiger partial charge in [-0.25, -0.2) is 14.5 Å². The van der Waals surface area contributed by atoms with Gasteiger partial charge in [-0.1, -0.05) is 58.3 Å². The molecule has 0 saturated heterocycles. The summed E-state index contributed by atoms with van der Waals surface area (Å²) in [5, 5.41) is 8.90. The number of ether oxygens (including phenoxy) is 1. The summed E-state index contributed by atoms with van der Waals surface area (Å²) in [4.78, 5) is 29.1. The summed E-state index contributed by atoms with van der Waals surface area (Å²) >= 11 is 19.6. The van der Waals surface area contributed by atoms with Crippen LogP contribution < -0.4 is 5.32 Å². The monoisotopic (exact) mass is 520 g/mol. The van der Waals surface area contributed by atoms with Crippen molar-refractivity contribution < 1.29 is 14.3 Å². The SMILES string of the molecule is COC(=O)c1cnc(NC(=O)c2nn(-c3ccc(Cl)cc3Cl)c(-c3ccc(Cl)cc3)c2C)s1. The topological polar surface area (TPSA) is 86.1 Å². The van der Waals surface area contributed by atoms with Gasteiger partial charge in [0.05, 0.1) is 29.7 Å². The van der Waals surface area contributed by atoms with Crippen LogP contribution in [0.1, 0.15) is 25.7 Å². The van der Waals surface area contributed by atoms with E-state index in [4.69, 9.17) is 34.8 Å². The predicted octanol–water partition coefficient (Wildman–Crippen LogP) is 6.30. The van der Waals surface area contributed by atoms with Crippen molar-refractivity contribution in [3.05, 3.63) is 79.9 Å². The number of thiazole rings is 1. The highest BCUT2D eigenvalue weighted by atomic mass is 35.5. The first kappa shape index (κ1) is 23.3. The molecule has 0 aliphatic carbocycles. The lowest BCUT2D eigenvalue weighted by atomic mass is 10.1. The number of carbonyl (C=O) groups excluding carboxylic acids is 2. The number of nitrogens with one attached hydrogen (secondary N) is 1. The third kappa shape index (κ3) is 4.74. The maximum absolute atomic E-state index is 13.1.